The van der Waals surface area contributed by atoms with Crippen molar-refractivity contribution < 1.29 is 22.8 Å². The van der Waals surface area contributed by atoms with E-state index in [9.17, 15) is 18.4 Å². The predicted molar refractivity (Wildman–Crippen MR) is 108 cm³/mol. The number of aromatic nitrogens is 2. The van der Waals surface area contributed by atoms with Crippen LogP contribution >= 0.6 is 11.8 Å². The fraction of sp³-hybridized carbons (Fsp3) is 0.526. The zero-order chi connectivity index (χ0) is 21.5. The Morgan fingerprint density at radius 3 is 2.70 bits per heavy atom. The van der Waals surface area contributed by atoms with Crippen LogP contribution in [-0.4, -0.2) is 75.4 Å². The Balaban J connectivity index is 1.55. The van der Waals surface area contributed by atoms with Crippen molar-refractivity contribution in [3.63, 3.8) is 0 Å². The number of hydrogen-bond acceptors (Lipinski definition) is 6. The molecule has 2 aromatic heterocycles. The molecule has 3 rings (SSSR count). The number of nitrogens with one attached hydrogen (secondary N) is 1. The smallest absolute Gasteiger partial charge is 0.319 e. The van der Waals surface area contributed by atoms with Crippen molar-refractivity contribution in [3.05, 3.63) is 42.4 Å². The molecule has 1 atom stereocenters. The maximum atomic E-state index is 13.0. The van der Waals surface area contributed by atoms with Crippen LogP contribution in [0.2, 0.25) is 0 Å². The molecule has 1 fully saturated rings. The zero-order valence-corrected chi connectivity index (χ0v) is 17.5. The van der Waals surface area contributed by atoms with Crippen LogP contribution in [0, 0.1) is 0 Å². The van der Waals surface area contributed by atoms with Gasteiger partial charge in [0.1, 0.15) is 11.9 Å². The number of carbonyl (C=O) groups excluding carboxylic acids is 2. The summed E-state index contributed by atoms with van der Waals surface area (Å²) in [7, 11) is 0. The van der Waals surface area contributed by atoms with E-state index in [4.69, 9.17) is 4.42 Å². The van der Waals surface area contributed by atoms with Crippen LogP contribution in [0.3, 0.4) is 0 Å². The number of furan rings is 1. The van der Waals surface area contributed by atoms with Gasteiger partial charge < -0.3 is 14.6 Å². The Morgan fingerprint density at radius 1 is 1.30 bits per heavy atom. The highest BCUT2D eigenvalue weighted by atomic mass is 32.2. The largest absolute Gasteiger partial charge is 0.459 e. The maximum absolute atomic E-state index is 13.0. The molecule has 0 radical (unpaired) electrons. The van der Waals surface area contributed by atoms with Crippen molar-refractivity contribution in [1.82, 2.24) is 24.7 Å². The summed E-state index contributed by atoms with van der Waals surface area (Å²) < 4.78 is 31.9. The van der Waals surface area contributed by atoms with E-state index in [0.717, 1.165) is 10.3 Å². The highest BCUT2D eigenvalue weighted by molar-refractivity contribution is 7.98. The lowest BCUT2D eigenvalue weighted by atomic mass is 10.1. The molecule has 1 aliphatic heterocycles. The molecular formula is C19H25F2N5O3S. The van der Waals surface area contributed by atoms with Gasteiger partial charge in [-0.3, -0.25) is 19.1 Å². The molecular weight excluding hydrogens is 416 g/mol. The second-order valence-corrected chi connectivity index (χ2v) is 7.90. The zero-order valence-electron chi connectivity index (χ0n) is 16.7. The van der Waals surface area contributed by atoms with Crippen LogP contribution in [0.1, 0.15) is 29.3 Å². The van der Waals surface area contributed by atoms with Crippen molar-refractivity contribution in [2.75, 3.05) is 38.2 Å². The monoisotopic (exact) mass is 441 g/mol. The van der Waals surface area contributed by atoms with Gasteiger partial charge in [-0.25, -0.2) is 4.98 Å². The van der Waals surface area contributed by atoms with E-state index in [2.05, 4.69) is 10.3 Å². The summed E-state index contributed by atoms with van der Waals surface area (Å²) in [6, 6.07) is 2.53. The molecule has 11 heteroatoms. The van der Waals surface area contributed by atoms with E-state index in [1.54, 1.807) is 28.8 Å². The third kappa shape index (κ3) is 5.60. The second-order valence-electron chi connectivity index (χ2n) is 6.91. The van der Waals surface area contributed by atoms with Gasteiger partial charge in [0.05, 0.1) is 12.8 Å². The minimum Gasteiger partial charge on any atom is -0.459 e. The van der Waals surface area contributed by atoms with Crippen LogP contribution in [0.25, 0.3) is 0 Å². The van der Waals surface area contributed by atoms with Crippen LogP contribution in [-0.2, 0) is 11.3 Å². The number of amides is 2. The molecule has 1 saturated heterocycles. The molecule has 1 aliphatic rings. The van der Waals surface area contributed by atoms with Gasteiger partial charge in [-0.1, -0.05) is 0 Å². The first kappa shape index (κ1) is 22.3. The lowest BCUT2D eigenvalue weighted by Crippen LogP contribution is -2.55. The topological polar surface area (TPSA) is 83.6 Å². The number of nitrogens with zero attached hydrogens (tertiary/aromatic N) is 4. The number of rotatable bonds is 9. The summed E-state index contributed by atoms with van der Waals surface area (Å²) in [6.45, 7) is -0.321. The first-order chi connectivity index (χ1) is 14.5. The number of thioether (sulfide) groups is 1. The van der Waals surface area contributed by atoms with Crippen molar-refractivity contribution in [3.8, 4) is 0 Å². The average molecular weight is 442 g/mol. The van der Waals surface area contributed by atoms with E-state index in [-0.39, 0.29) is 11.7 Å². The average Bonchev–Trinajstić information content (AvgIpc) is 3.43. The summed E-state index contributed by atoms with van der Waals surface area (Å²) in [5.41, 5.74) is 0. The van der Waals surface area contributed by atoms with Crippen LogP contribution < -0.4 is 5.32 Å². The van der Waals surface area contributed by atoms with Gasteiger partial charge in [0, 0.05) is 38.6 Å². The molecule has 0 saturated carbocycles. The molecule has 0 aliphatic carbocycles. The predicted octanol–water partition coefficient (Wildman–Crippen LogP) is 2.07. The number of carbonyl (C=O) groups is 2. The standard InChI is InChI=1S/C19H25F2N5O3S/c1-30-12-4-14(23-17(27)15-3-2-11-29-15)18(28)25-9-7-24(8-10-25)13-16-22-5-6-26(16)19(20)21/h2-3,5-6,11,14,19H,4,7-10,12-13H2,1H3,(H,23,27). The summed E-state index contributed by atoms with van der Waals surface area (Å²) in [5, 5.41) is 2.77. The van der Waals surface area contributed by atoms with Gasteiger partial charge in [0.25, 0.3) is 5.91 Å². The van der Waals surface area contributed by atoms with Crippen LogP contribution in [0.5, 0.6) is 0 Å². The molecule has 0 bridgehead atoms. The van der Waals surface area contributed by atoms with Gasteiger partial charge >= 0.3 is 6.55 Å². The van der Waals surface area contributed by atoms with Gasteiger partial charge in [-0.2, -0.15) is 20.5 Å². The lowest BCUT2D eigenvalue weighted by molar-refractivity contribution is -0.135. The van der Waals surface area contributed by atoms with Crippen LogP contribution in [0.15, 0.2) is 35.2 Å². The first-order valence-corrected chi connectivity index (χ1v) is 11.0. The van der Waals surface area contributed by atoms with Crippen molar-refractivity contribution >= 4 is 23.6 Å². The van der Waals surface area contributed by atoms with E-state index < -0.39 is 18.5 Å². The Kier molecular flexibility index (Phi) is 7.86. The molecule has 2 aromatic rings. The molecule has 2 amide bonds. The maximum Gasteiger partial charge on any atom is 0.319 e. The van der Waals surface area contributed by atoms with E-state index in [0.29, 0.717) is 45.0 Å². The molecule has 3 heterocycles. The summed E-state index contributed by atoms with van der Waals surface area (Å²) in [4.78, 5) is 33.0. The quantitative estimate of drug-likeness (QED) is 0.642. The second kappa shape index (κ2) is 10.6. The molecule has 1 unspecified atom stereocenters. The van der Waals surface area contributed by atoms with Gasteiger partial charge in [-0.15, -0.1) is 0 Å². The molecule has 1 N–H and O–H groups in total. The molecule has 0 spiro atoms. The summed E-state index contributed by atoms with van der Waals surface area (Å²) >= 11 is 1.60. The fourth-order valence-electron chi connectivity index (χ4n) is 3.32. The number of hydrogen-bond donors (Lipinski definition) is 1. The number of alkyl halides is 2. The van der Waals surface area contributed by atoms with Crippen LogP contribution in [0.4, 0.5) is 8.78 Å². The Labute approximate surface area is 177 Å². The highest BCUT2D eigenvalue weighted by Gasteiger charge is 2.29. The fourth-order valence-corrected chi connectivity index (χ4v) is 3.79. The van der Waals surface area contributed by atoms with Gasteiger partial charge in [-0.05, 0) is 30.6 Å². The Bertz CT molecular complexity index is 822. The summed E-state index contributed by atoms with van der Waals surface area (Å²) in [5.74, 6) is 0.629. The van der Waals surface area contributed by atoms with E-state index in [1.165, 1.54) is 18.7 Å². The molecule has 30 heavy (non-hydrogen) atoms. The first-order valence-electron chi connectivity index (χ1n) is 9.64. The minimum atomic E-state index is -2.62. The van der Waals surface area contributed by atoms with E-state index >= 15 is 0 Å². The Hall–Kier alpha value is -2.40. The third-order valence-electron chi connectivity index (χ3n) is 4.97. The number of imidazole rings is 1. The van der Waals surface area contributed by atoms with Gasteiger partial charge in [0.2, 0.25) is 5.91 Å². The number of piperazine rings is 1. The SMILES string of the molecule is CSCCC(NC(=O)c1ccco1)C(=O)N1CCN(Cc2nccn2C(F)F)CC1. The molecule has 164 valence electrons. The Morgan fingerprint density at radius 2 is 2.07 bits per heavy atom. The molecule has 8 nitrogen and oxygen atoms in total. The van der Waals surface area contributed by atoms with Crippen molar-refractivity contribution in [2.24, 2.45) is 0 Å². The highest BCUT2D eigenvalue weighted by Crippen LogP contribution is 2.16. The van der Waals surface area contributed by atoms with Gasteiger partial charge in [0.15, 0.2) is 5.76 Å². The number of halogens is 2. The van der Waals surface area contributed by atoms with Crippen molar-refractivity contribution in [1.29, 1.82) is 0 Å². The summed E-state index contributed by atoms with van der Waals surface area (Å²) in [6.07, 6.45) is 6.49. The van der Waals surface area contributed by atoms with Crippen molar-refractivity contribution in [2.45, 2.75) is 25.6 Å². The normalized spacial score (nSPS) is 16.1. The van der Waals surface area contributed by atoms with E-state index in [1.807, 2.05) is 11.2 Å². The minimum absolute atomic E-state index is 0.141. The lowest BCUT2D eigenvalue weighted by Gasteiger charge is -2.36. The molecule has 0 aromatic carbocycles. The third-order valence-corrected chi connectivity index (χ3v) is 5.61.